The van der Waals surface area contributed by atoms with Crippen molar-refractivity contribution in [3.8, 4) is 0 Å². The van der Waals surface area contributed by atoms with E-state index in [-0.39, 0.29) is 5.91 Å². The van der Waals surface area contributed by atoms with Crippen LogP contribution in [0.15, 0.2) is 18.2 Å². The van der Waals surface area contributed by atoms with Crippen LogP contribution in [0.5, 0.6) is 0 Å². The van der Waals surface area contributed by atoms with Crippen LogP contribution in [0.3, 0.4) is 0 Å². The average Bonchev–Trinajstić information content (AvgIpc) is 2.85. The molecule has 1 atom stereocenters. The zero-order valence-corrected chi connectivity index (χ0v) is 11.6. The van der Waals surface area contributed by atoms with Gasteiger partial charge in [0.15, 0.2) is 0 Å². The summed E-state index contributed by atoms with van der Waals surface area (Å²) in [6, 6.07) is 6.01. The van der Waals surface area contributed by atoms with Crippen molar-refractivity contribution in [1.82, 2.24) is 0 Å². The molecule has 1 aromatic carbocycles. The normalized spacial score (nSPS) is 16.7. The highest BCUT2D eigenvalue weighted by Gasteiger charge is 2.16. The Labute approximate surface area is 113 Å². The Morgan fingerprint density at radius 1 is 1.39 bits per heavy atom. The van der Waals surface area contributed by atoms with Crippen LogP contribution in [0.1, 0.15) is 25.3 Å². The number of alkyl halides is 1. The smallest absolute Gasteiger partial charge is 0.242 e. The van der Waals surface area contributed by atoms with Gasteiger partial charge in [0.25, 0.3) is 0 Å². The fraction of sp³-hybridized carbons (Fsp3) is 0.500. The lowest BCUT2D eigenvalue weighted by atomic mass is 10.1. The number of halogens is 1. The third kappa shape index (κ3) is 2.96. The molecule has 1 saturated heterocycles. The summed E-state index contributed by atoms with van der Waals surface area (Å²) >= 11 is 5.75. The number of rotatable bonds is 3. The maximum absolute atomic E-state index is 11.6. The Morgan fingerprint density at radius 2 is 2.06 bits per heavy atom. The highest BCUT2D eigenvalue weighted by Crippen LogP contribution is 2.27. The Balaban J connectivity index is 2.18. The largest absolute Gasteiger partial charge is 0.371 e. The molecule has 3 nitrogen and oxygen atoms in total. The van der Waals surface area contributed by atoms with Gasteiger partial charge in [0.2, 0.25) is 5.91 Å². The summed E-state index contributed by atoms with van der Waals surface area (Å²) in [4.78, 5) is 13.9. The molecule has 0 unspecified atom stereocenters. The quantitative estimate of drug-likeness (QED) is 0.853. The number of hydrogen-bond donors (Lipinski definition) is 1. The summed E-state index contributed by atoms with van der Waals surface area (Å²) in [5.74, 6) is -0.159. The summed E-state index contributed by atoms with van der Waals surface area (Å²) in [5.41, 5.74) is 3.28. The van der Waals surface area contributed by atoms with Crippen molar-refractivity contribution in [3.63, 3.8) is 0 Å². The van der Waals surface area contributed by atoms with Crippen LogP contribution in [0, 0.1) is 6.92 Å². The first kappa shape index (κ1) is 13.2. The summed E-state index contributed by atoms with van der Waals surface area (Å²) in [6.07, 6.45) is 2.49. The molecular weight excluding hydrogens is 248 g/mol. The maximum Gasteiger partial charge on any atom is 0.242 e. The number of benzene rings is 1. The highest BCUT2D eigenvalue weighted by atomic mass is 35.5. The van der Waals surface area contributed by atoms with Gasteiger partial charge in [0, 0.05) is 24.5 Å². The molecule has 98 valence electrons. The lowest BCUT2D eigenvalue weighted by molar-refractivity contribution is -0.115. The minimum atomic E-state index is -0.512. The number of carbonyl (C=O) groups excluding carboxylic acids is 1. The van der Waals surface area contributed by atoms with Gasteiger partial charge in [-0.25, -0.2) is 0 Å². The molecule has 1 fully saturated rings. The summed E-state index contributed by atoms with van der Waals surface area (Å²) in [6.45, 7) is 5.98. The first-order valence-electron chi connectivity index (χ1n) is 6.38. The zero-order valence-electron chi connectivity index (χ0n) is 10.9. The molecular formula is C14H19ClN2O. The van der Waals surface area contributed by atoms with Gasteiger partial charge in [0.1, 0.15) is 5.38 Å². The minimum Gasteiger partial charge on any atom is -0.371 e. The summed E-state index contributed by atoms with van der Waals surface area (Å²) < 4.78 is 0. The van der Waals surface area contributed by atoms with Crippen molar-refractivity contribution in [1.29, 1.82) is 0 Å². The lowest BCUT2D eigenvalue weighted by Crippen LogP contribution is -2.22. The molecule has 0 aromatic heterocycles. The van der Waals surface area contributed by atoms with E-state index in [4.69, 9.17) is 11.6 Å². The first-order valence-corrected chi connectivity index (χ1v) is 6.82. The lowest BCUT2D eigenvalue weighted by Gasteiger charge is -2.21. The molecule has 1 heterocycles. The van der Waals surface area contributed by atoms with Crippen molar-refractivity contribution in [2.24, 2.45) is 0 Å². The molecule has 0 saturated carbocycles. The molecule has 1 N–H and O–H groups in total. The molecule has 4 heteroatoms. The number of anilines is 2. The second kappa shape index (κ2) is 5.61. The van der Waals surface area contributed by atoms with Gasteiger partial charge in [-0.05, 0) is 44.4 Å². The number of nitrogens with one attached hydrogen (secondary N) is 1. The Bertz CT molecular complexity index is 439. The van der Waals surface area contributed by atoms with Crippen LogP contribution >= 0.6 is 11.6 Å². The Kier molecular flexibility index (Phi) is 4.12. The number of amides is 1. The third-order valence-electron chi connectivity index (χ3n) is 3.28. The first-order chi connectivity index (χ1) is 8.58. The van der Waals surface area contributed by atoms with Gasteiger partial charge in [-0.2, -0.15) is 0 Å². The fourth-order valence-electron chi connectivity index (χ4n) is 2.23. The van der Waals surface area contributed by atoms with Gasteiger partial charge in [0.05, 0.1) is 0 Å². The van der Waals surface area contributed by atoms with Gasteiger partial charge in [-0.3, -0.25) is 4.79 Å². The monoisotopic (exact) mass is 266 g/mol. The summed E-state index contributed by atoms with van der Waals surface area (Å²) in [5, 5.41) is 2.32. The molecule has 1 aromatic rings. The average molecular weight is 267 g/mol. The molecule has 1 amide bonds. The van der Waals surface area contributed by atoms with Gasteiger partial charge in [-0.15, -0.1) is 11.6 Å². The molecule has 1 aliphatic rings. The van der Waals surface area contributed by atoms with Crippen LogP contribution < -0.4 is 10.2 Å². The number of hydrogen-bond acceptors (Lipinski definition) is 2. The van der Waals surface area contributed by atoms with E-state index < -0.39 is 5.38 Å². The Morgan fingerprint density at radius 3 is 2.67 bits per heavy atom. The number of carbonyl (C=O) groups is 1. The number of aryl methyl sites for hydroxylation is 1. The van der Waals surface area contributed by atoms with E-state index in [1.165, 1.54) is 24.1 Å². The third-order valence-corrected chi connectivity index (χ3v) is 3.48. The van der Waals surface area contributed by atoms with Crippen LogP contribution in [0.4, 0.5) is 11.4 Å². The SMILES string of the molecule is Cc1ccc(NC(=O)[C@@H](C)Cl)cc1N1CCCC1. The van der Waals surface area contributed by atoms with E-state index >= 15 is 0 Å². The predicted molar refractivity (Wildman–Crippen MR) is 76.6 cm³/mol. The Hall–Kier alpha value is -1.22. The predicted octanol–water partition coefficient (Wildman–Crippen LogP) is 3.16. The van der Waals surface area contributed by atoms with Crippen molar-refractivity contribution in [2.45, 2.75) is 32.1 Å². The molecule has 18 heavy (non-hydrogen) atoms. The topological polar surface area (TPSA) is 32.3 Å². The van der Waals surface area contributed by atoms with Crippen molar-refractivity contribution < 1.29 is 4.79 Å². The second-order valence-corrected chi connectivity index (χ2v) is 5.46. The molecule has 2 rings (SSSR count). The molecule has 0 spiro atoms. The van der Waals surface area contributed by atoms with Crippen LogP contribution in [0.2, 0.25) is 0 Å². The van der Waals surface area contributed by atoms with Gasteiger partial charge in [-0.1, -0.05) is 6.07 Å². The number of nitrogens with zero attached hydrogens (tertiary/aromatic N) is 1. The van der Waals surface area contributed by atoms with Crippen molar-refractivity contribution >= 4 is 28.9 Å². The maximum atomic E-state index is 11.6. The van der Waals surface area contributed by atoms with E-state index in [0.29, 0.717) is 0 Å². The van der Waals surface area contributed by atoms with E-state index in [9.17, 15) is 4.79 Å². The zero-order chi connectivity index (χ0) is 13.1. The molecule has 0 bridgehead atoms. The minimum absolute atomic E-state index is 0.159. The summed E-state index contributed by atoms with van der Waals surface area (Å²) in [7, 11) is 0. The van der Waals surface area contributed by atoms with Crippen molar-refractivity contribution in [2.75, 3.05) is 23.3 Å². The van der Waals surface area contributed by atoms with Crippen LogP contribution in [-0.4, -0.2) is 24.4 Å². The van der Waals surface area contributed by atoms with Crippen molar-refractivity contribution in [3.05, 3.63) is 23.8 Å². The van der Waals surface area contributed by atoms with E-state index in [1.54, 1.807) is 6.92 Å². The van der Waals surface area contributed by atoms with E-state index in [0.717, 1.165) is 18.8 Å². The van der Waals surface area contributed by atoms with E-state index in [1.807, 2.05) is 18.2 Å². The highest BCUT2D eigenvalue weighted by molar-refractivity contribution is 6.32. The molecule has 0 radical (unpaired) electrons. The second-order valence-electron chi connectivity index (χ2n) is 4.80. The standard InChI is InChI=1S/C14H19ClN2O/c1-10-5-6-12(16-14(18)11(2)15)9-13(10)17-7-3-4-8-17/h5-6,9,11H,3-4,7-8H2,1-2H3,(H,16,18)/t11-/m1/s1. The molecule has 0 aliphatic carbocycles. The van der Waals surface area contributed by atoms with Gasteiger partial charge < -0.3 is 10.2 Å². The fourth-order valence-corrected chi connectivity index (χ4v) is 2.28. The van der Waals surface area contributed by atoms with Crippen LogP contribution in [-0.2, 0) is 4.79 Å². The molecule has 1 aliphatic heterocycles. The van der Waals surface area contributed by atoms with Crippen LogP contribution in [0.25, 0.3) is 0 Å². The van der Waals surface area contributed by atoms with E-state index in [2.05, 4.69) is 17.1 Å². The van der Waals surface area contributed by atoms with Gasteiger partial charge >= 0.3 is 0 Å².